The van der Waals surface area contributed by atoms with E-state index in [9.17, 15) is 13.2 Å². The molecule has 0 aliphatic carbocycles. The summed E-state index contributed by atoms with van der Waals surface area (Å²) in [4.78, 5) is 10.9. The Hall–Kier alpha value is -2.51. The second-order valence-electron chi connectivity index (χ2n) is 5.47. The maximum Gasteiger partial charge on any atom is 0.433 e. The number of hydrogen-bond donors (Lipinski definition) is 0. The Morgan fingerprint density at radius 1 is 1.08 bits per heavy atom. The van der Waals surface area contributed by atoms with E-state index >= 15 is 0 Å². The van der Waals surface area contributed by atoms with E-state index in [0.29, 0.717) is 12.3 Å². The lowest BCUT2D eigenvalue weighted by Gasteiger charge is -2.22. The average molecular weight is 340 g/mol. The Bertz CT molecular complexity index is 704. The Balaban J connectivity index is 2.37. The molecule has 0 saturated heterocycles. The van der Waals surface area contributed by atoms with E-state index in [1.165, 1.54) is 4.90 Å². The van der Waals surface area contributed by atoms with Crippen LogP contribution in [0.3, 0.4) is 0 Å². The molecular formula is C16H19F3N4O. The maximum atomic E-state index is 13.1. The molecule has 0 aliphatic heterocycles. The number of hydrogen-bond acceptors (Lipinski definition) is 5. The molecule has 2 rings (SSSR count). The van der Waals surface area contributed by atoms with Crippen LogP contribution in [0.2, 0.25) is 0 Å². The monoisotopic (exact) mass is 340 g/mol. The molecule has 0 fully saturated rings. The van der Waals surface area contributed by atoms with Crippen LogP contribution in [-0.4, -0.2) is 38.2 Å². The van der Waals surface area contributed by atoms with Crippen LogP contribution in [0.4, 0.5) is 24.9 Å². The van der Waals surface area contributed by atoms with Crippen LogP contribution in [0.5, 0.6) is 5.75 Å². The van der Waals surface area contributed by atoms with Crippen molar-refractivity contribution in [2.45, 2.75) is 12.7 Å². The number of ether oxygens (including phenoxy) is 1. The van der Waals surface area contributed by atoms with Gasteiger partial charge in [-0.1, -0.05) is 18.2 Å². The lowest BCUT2D eigenvalue weighted by molar-refractivity contribution is -0.141. The highest BCUT2D eigenvalue weighted by molar-refractivity contribution is 5.46. The van der Waals surface area contributed by atoms with Crippen LogP contribution in [0, 0.1) is 0 Å². The number of aromatic nitrogens is 2. The van der Waals surface area contributed by atoms with Gasteiger partial charge in [-0.25, -0.2) is 4.98 Å². The third-order valence-electron chi connectivity index (χ3n) is 3.39. The van der Waals surface area contributed by atoms with Gasteiger partial charge in [-0.3, -0.25) is 0 Å². The van der Waals surface area contributed by atoms with Crippen molar-refractivity contribution in [3.05, 3.63) is 41.6 Å². The third kappa shape index (κ3) is 4.06. The second kappa shape index (κ2) is 6.94. The van der Waals surface area contributed by atoms with Crippen molar-refractivity contribution in [1.29, 1.82) is 0 Å². The zero-order valence-corrected chi connectivity index (χ0v) is 13.9. The fraction of sp³-hybridized carbons (Fsp3) is 0.375. The van der Waals surface area contributed by atoms with Crippen molar-refractivity contribution in [2.75, 3.05) is 38.1 Å². The van der Waals surface area contributed by atoms with E-state index in [4.69, 9.17) is 4.74 Å². The zero-order valence-electron chi connectivity index (χ0n) is 13.9. The average Bonchev–Trinajstić information content (AvgIpc) is 2.54. The summed E-state index contributed by atoms with van der Waals surface area (Å²) in [5, 5.41) is 0. The van der Waals surface area contributed by atoms with Gasteiger partial charge in [-0.15, -0.1) is 0 Å². The molecule has 0 saturated carbocycles. The molecule has 0 radical (unpaired) electrons. The summed E-state index contributed by atoms with van der Waals surface area (Å²) >= 11 is 0. The number of anilines is 2. The van der Waals surface area contributed by atoms with Gasteiger partial charge < -0.3 is 14.5 Å². The van der Waals surface area contributed by atoms with Crippen LogP contribution in [-0.2, 0) is 12.7 Å². The summed E-state index contributed by atoms with van der Waals surface area (Å²) in [6, 6.07) is 8.23. The Kier molecular flexibility index (Phi) is 5.16. The van der Waals surface area contributed by atoms with Crippen LogP contribution in [0.15, 0.2) is 30.3 Å². The van der Waals surface area contributed by atoms with Crippen LogP contribution < -0.4 is 14.5 Å². The molecular weight excluding hydrogens is 321 g/mol. The smallest absolute Gasteiger partial charge is 0.433 e. The third-order valence-corrected chi connectivity index (χ3v) is 3.39. The van der Waals surface area contributed by atoms with Gasteiger partial charge in [0.15, 0.2) is 5.69 Å². The Morgan fingerprint density at radius 2 is 1.75 bits per heavy atom. The van der Waals surface area contributed by atoms with Crippen molar-refractivity contribution in [3.63, 3.8) is 0 Å². The van der Waals surface area contributed by atoms with E-state index in [-0.39, 0.29) is 11.8 Å². The SMILES string of the molecule is COc1ccccc1CN(C)c1nc(N(C)C)cc(C(F)(F)F)n1. The molecule has 0 spiro atoms. The molecule has 0 amide bonds. The van der Waals surface area contributed by atoms with Crippen molar-refractivity contribution >= 4 is 11.8 Å². The van der Waals surface area contributed by atoms with Gasteiger partial charge in [-0.2, -0.15) is 18.2 Å². The van der Waals surface area contributed by atoms with Crippen LogP contribution in [0.1, 0.15) is 11.3 Å². The number of benzene rings is 1. The first-order chi connectivity index (χ1) is 11.2. The summed E-state index contributed by atoms with van der Waals surface area (Å²) < 4.78 is 44.5. The number of para-hydroxylation sites is 1. The number of halogens is 3. The van der Waals surface area contributed by atoms with E-state index in [1.807, 2.05) is 18.2 Å². The number of alkyl halides is 3. The normalized spacial score (nSPS) is 11.3. The highest BCUT2D eigenvalue weighted by atomic mass is 19.4. The molecule has 1 heterocycles. The molecule has 1 aromatic heterocycles. The molecule has 2 aromatic rings. The molecule has 1 aromatic carbocycles. The number of nitrogens with zero attached hydrogens (tertiary/aromatic N) is 4. The topological polar surface area (TPSA) is 41.5 Å². The predicted molar refractivity (Wildman–Crippen MR) is 86.5 cm³/mol. The number of methoxy groups -OCH3 is 1. The minimum Gasteiger partial charge on any atom is -0.496 e. The standard InChI is InChI=1S/C16H19F3N4O/c1-22(2)14-9-13(16(17,18)19)20-15(21-14)23(3)10-11-7-5-6-8-12(11)24-4/h5-9H,10H2,1-4H3. The molecule has 8 heteroatoms. The minimum absolute atomic E-state index is 0.000527. The fourth-order valence-electron chi connectivity index (χ4n) is 2.13. The van der Waals surface area contributed by atoms with Crippen molar-refractivity contribution in [2.24, 2.45) is 0 Å². The van der Waals surface area contributed by atoms with Gasteiger partial charge in [-0.05, 0) is 6.07 Å². The Labute approximate surface area is 138 Å². The highest BCUT2D eigenvalue weighted by Gasteiger charge is 2.34. The second-order valence-corrected chi connectivity index (χ2v) is 5.47. The van der Waals surface area contributed by atoms with Crippen molar-refractivity contribution < 1.29 is 17.9 Å². The van der Waals surface area contributed by atoms with E-state index < -0.39 is 11.9 Å². The highest BCUT2D eigenvalue weighted by Crippen LogP contribution is 2.31. The first-order valence-corrected chi connectivity index (χ1v) is 7.19. The van der Waals surface area contributed by atoms with E-state index in [1.54, 1.807) is 39.2 Å². The minimum atomic E-state index is -4.53. The summed E-state index contributed by atoms with van der Waals surface area (Å²) in [5.74, 6) is 0.850. The molecule has 130 valence electrons. The lowest BCUT2D eigenvalue weighted by atomic mass is 10.2. The zero-order chi connectivity index (χ0) is 17.9. The van der Waals surface area contributed by atoms with Crippen LogP contribution in [0.25, 0.3) is 0 Å². The quantitative estimate of drug-likeness (QED) is 0.836. The molecule has 5 nitrogen and oxygen atoms in total. The molecule has 0 unspecified atom stereocenters. The molecule has 24 heavy (non-hydrogen) atoms. The van der Waals surface area contributed by atoms with Crippen molar-refractivity contribution in [3.8, 4) is 5.75 Å². The Morgan fingerprint density at radius 3 is 2.33 bits per heavy atom. The lowest BCUT2D eigenvalue weighted by Crippen LogP contribution is -2.23. The summed E-state index contributed by atoms with van der Waals surface area (Å²) in [6.45, 7) is 0.318. The summed E-state index contributed by atoms with van der Waals surface area (Å²) in [7, 11) is 6.45. The first kappa shape index (κ1) is 17.8. The number of rotatable bonds is 5. The molecule has 0 aliphatic rings. The summed E-state index contributed by atoms with van der Waals surface area (Å²) in [6.07, 6.45) is -4.53. The molecule has 0 atom stereocenters. The predicted octanol–water partition coefficient (Wildman–Crippen LogP) is 3.21. The van der Waals surface area contributed by atoms with E-state index in [0.717, 1.165) is 11.6 Å². The van der Waals surface area contributed by atoms with Gasteiger partial charge in [0.25, 0.3) is 0 Å². The van der Waals surface area contributed by atoms with Crippen molar-refractivity contribution in [1.82, 2.24) is 9.97 Å². The maximum absolute atomic E-state index is 13.1. The van der Waals surface area contributed by atoms with Gasteiger partial charge >= 0.3 is 6.18 Å². The fourth-order valence-corrected chi connectivity index (χ4v) is 2.13. The van der Waals surface area contributed by atoms with Gasteiger partial charge in [0, 0.05) is 39.3 Å². The molecule has 0 N–H and O–H groups in total. The largest absolute Gasteiger partial charge is 0.496 e. The van der Waals surface area contributed by atoms with Crippen LogP contribution >= 0.6 is 0 Å². The van der Waals surface area contributed by atoms with Gasteiger partial charge in [0.05, 0.1) is 7.11 Å². The summed E-state index contributed by atoms with van der Waals surface area (Å²) in [5.41, 5.74) is -0.141. The van der Waals surface area contributed by atoms with Gasteiger partial charge in [0.1, 0.15) is 11.6 Å². The molecule has 0 bridgehead atoms. The first-order valence-electron chi connectivity index (χ1n) is 7.19. The van der Waals surface area contributed by atoms with Gasteiger partial charge in [0.2, 0.25) is 5.95 Å². The van der Waals surface area contributed by atoms with E-state index in [2.05, 4.69) is 9.97 Å².